The molecule has 0 fully saturated rings. The van der Waals surface area contributed by atoms with Crippen LogP contribution in [0.25, 0.3) is 0 Å². The van der Waals surface area contributed by atoms with Crippen LogP contribution in [0, 0.1) is 0 Å². The summed E-state index contributed by atoms with van der Waals surface area (Å²) in [7, 11) is 2.32. The molecule has 152 valence electrons. The average molecular weight is 416 g/mol. The lowest BCUT2D eigenvalue weighted by Gasteiger charge is -2.15. The molecule has 0 radical (unpaired) electrons. The monoisotopic (exact) mass is 416 g/mol. The molecule has 0 aliphatic heterocycles. The number of hydrogen-bond donors (Lipinski definition) is 3. The number of alkyl carbamates (subject to hydrolysis) is 1. The number of anilines is 2. The first-order valence-corrected chi connectivity index (χ1v) is 9.16. The van der Waals surface area contributed by atoms with Gasteiger partial charge in [-0.25, -0.2) is 9.59 Å². The van der Waals surface area contributed by atoms with E-state index >= 15 is 0 Å². The van der Waals surface area contributed by atoms with Gasteiger partial charge in [0.2, 0.25) is 11.9 Å². The van der Waals surface area contributed by atoms with Crippen LogP contribution in [-0.4, -0.2) is 38.3 Å². The summed E-state index contributed by atoms with van der Waals surface area (Å²) in [4.78, 5) is 40.1. The van der Waals surface area contributed by atoms with Crippen LogP contribution in [0.3, 0.4) is 0 Å². The van der Waals surface area contributed by atoms with E-state index in [0.29, 0.717) is 11.4 Å². The van der Waals surface area contributed by atoms with Crippen molar-refractivity contribution in [3.63, 3.8) is 0 Å². The highest BCUT2D eigenvalue weighted by Crippen LogP contribution is 2.33. The number of carbonyl (C=O) groups is 3. The Hall–Kier alpha value is -3.53. The van der Waals surface area contributed by atoms with Gasteiger partial charge in [-0.15, -0.1) is 4.99 Å². The van der Waals surface area contributed by atoms with Gasteiger partial charge in [0.1, 0.15) is 0 Å². The van der Waals surface area contributed by atoms with E-state index < -0.39 is 12.2 Å². The number of methoxy groups -OCH3 is 2. The standard InChI is InChI=1S/C19H20N4O5S/c1-12(24)20-16-11-14(29-13-7-5-4-6-8-13)9-10-15(16)21-17(22-18(25)27-2)23-19(26)28-3/h4-11H,1-3H3,(H,20,24)(H2,21,22,23,25,26). The Kier molecular flexibility index (Phi) is 8.04. The van der Waals surface area contributed by atoms with Crippen LogP contribution in [0.5, 0.6) is 0 Å². The maximum Gasteiger partial charge on any atom is 0.436 e. The topological polar surface area (TPSA) is 118 Å². The van der Waals surface area contributed by atoms with Crippen molar-refractivity contribution in [3.05, 3.63) is 48.5 Å². The molecule has 29 heavy (non-hydrogen) atoms. The fourth-order valence-corrected chi connectivity index (χ4v) is 2.99. The number of hydrogen-bond acceptors (Lipinski definition) is 6. The van der Waals surface area contributed by atoms with Gasteiger partial charge in [-0.2, -0.15) is 0 Å². The fourth-order valence-electron chi connectivity index (χ4n) is 2.11. The summed E-state index contributed by atoms with van der Waals surface area (Å²) in [6, 6.07) is 15.0. The normalized spacial score (nSPS) is 10.7. The zero-order valence-corrected chi connectivity index (χ0v) is 16.8. The van der Waals surface area contributed by atoms with Crippen molar-refractivity contribution in [1.29, 1.82) is 0 Å². The Bertz CT molecular complexity index is 918. The molecule has 0 aliphatic rings. The Morgan fingerprint density at radius 2 is 1.62 bits per heavy atom. The summed E-state index contributed by atoms with van der Waals surface area (Å²) in [5.74, 6) is -0.513. The van der Waals surface area contributed by atoms with Crippen LogP contribution in [0.15, 0.2) is 63.3 Å². The summed E-state index contributed by atoms with van der Waals surface area (Å²) in [6.45, 7) is 1.37. The number of nitrogens with zero attached hydrogens (tertiary/aromatic N) is 1. The van der Waals surface area contributed by atoms with E-state index in [1.165, 1.54) is 25.8 Å². The van der Waals surface area contributed by atoms with E-state index in [4.69, 9.17) is 0 Å². The Morgan fingerprint density at radius 3 is 2.24 bits per heavy atom. The van der Waals surface area contributed by atoms with Crippen molar-refractivity contribution in [2.24, 2.45) is 4.99 Å². The molecule has 0 atom stereocenters. The van der Waals surface area contributed by atoms with Crippen molar-refractivity contribution in [1.82, 2.24) is 5.32 Å². The van der Waals surface area contributed by atoms with Crippen molar-refractivity contribution in [3.8, 4) is 0 Å². The second-order valence-corrected chi connectivity index (χ2v) is 6.62. The SMILES string of the molecule is COC(=O)/N=C(/NC(=O)OC)Nc1ccc(Sc2ccccc2)cc1NC(C)=O. The minimum Gasteiger partial charge on any atom is -0.453 e. The minimum absolute atomic E-state index is 0.223. The highest BCUT2D eigenvalue weighted by molar-refractivity contribution is 7.99. The number of benzene rings is 2. The molecule has 2 rings (SSSR count). The Balaban J connectivity index is 2.33. The molecule has 2 aromatic rings. The van der Waals surface area contributed by atoms with Crippen LogP contribution in [0.4, 0.5) is 21.0 Å². The summed E-state index contributed by atoms with van der Waals surface area (Å²) in [5, 5.41) is 7.77. The summed E-state index contributed by atoms with van der Waals surface area (Å²) in [6.07, 6.45) is -1.77. The number of carbonyl (C=O) groups excluding carboxylic acids is 3. The van der Waals surface area contributed by atoms with Crippen molar-refractivity contribution in [2.45, 2.75) is 16.7 Å². The molecule has 0 saturated carbocycles. The predicted molar refractivity (Wildman–Crippen MR) is 110 cm³/mol. The molecule has 0 heterocycles. The Labute approximate surface area is 171 Å². The van der Waals surface area contributed by atoms with Crippen LogP contribution in [0.1, 0.15) is 6.92 Å². The first-order valence-electron chi connectivity index (χ1n) is 8.34. The molecule has 0 spiro atoms. The summed E-state index contributed by atoms with van der Waals surface area (Å²) >= 11 is 1.51. The van der Waals surface area contributed by atoms with Gasteiger partial charge in [0.05, 0.1) is 25.6 Å². The molecule has 0 bridgehead atoms. The Morgan fingerprint density at radius 1 is 0.897 bits per heavy atom. The highest BCUT2D eigenvalue weighted by atomic mass is 32.2. The number of nitrogens with one attached hydrogen (secondary N) is 3. The van der Waals surface area contributed by atoms with Gasteiger partial charge in [-0.05, 0) is 30.3 Å². The first kappa shape index (κ1) is 21.8. The molecular formula is C19H20N4O5S. The molecular weight excluding hydrogens is 396 g/mol. The molecule has 9 nitrogen and oxygen atoms in total. The molecule has 3 amide bonds. The van der Waals surface area contributed by atoms with E-state index in [0.717, 1.165) is 16.9 Å². The number of ether oxygens (including phenoxy) is 2. The first-order chi connectivity index (χ1) is 13.9. The van der Waals surface area contributed by atoms with E-state index in [-0.39, 0.29) is 11.9 Å². The number of aliphatic imine (C=N–C) groups is 1. The van der Waals surface area contributed by atoms with Crippen LogP contribution in [0.2, 0.25) is 0 Å². The third-order valence-corrected chi connectivity index (χ3v) is 4.31. The number of amides is 3. The van der Waals surface area contributed by atoms with E-state index in [9.17, 15) is 14.4 Å². The van der Waals surface area contributed by atoms with Gasteiger partial charge >= 0.3 is 12.2 Å². The maximum absolute atomic E-state index is 11.6. The largest absolute Gasteiger partial charge is 0.453 e. The number of guanidine groups is 1. The van der Waals surface area contributed by atoms with Gasteiger partial charge in [0, 0.05) is 16.7 Å². The lowest BCUT2D eigenvalue weighted by atomic mass is 10.2. The summed E-state index contributed by atoms with van der Waals surface area (Å²) in [5.41, 5.74) is 0.833. The minimum atomic E-state index is -0.929. The van der Waals surface area contributed by atoms with Crippen molar-refractivity contribution >= 4 is 47.2 Å². The lowest BCUT2D eigenvalue weighted by Crippen LogP contribution is -2.36. The van der Waals surface area contributed by atoms with Crippen molar-refractivity contribution in [2.75, 3.05) is 24.9 Å². The molecule has 10 heteroatoms. The molecule has 0 aliphatic carbocycles. The zero-order chi connectivity index (χ0) is 21.2. The number of rotatable bonds is 4. The highest BCUT2D eigenvalue weighted by Gasteiger charge is 2.13. The maximum atomic E-state index is 11.6. The van der Waals surface area contributed by atoms with Gasteiger partial charge in [0.25, 0.3) is 0 Å². The zero-order valence-electron chi connectivity index (χ0n) is 16.0. The quantitative estimate of drug-likeness (QED) is 0.514. The van der Waals surface area contributed by atoms with Crippen LogP contribution >= 0.6 is 11.8 Å². The molecule has 0 aromatic heterocycles. The van der Waals surface area contributed by atoms with Gasteiger partial charge in [0.15, 0.2) is 0 Å². The van der Waals surface area contributed by atoms with Crippen LogP contribution in [-0.2, 0) is 14.3 Å². The lowest BCUT2D eigenvalue weighted by molar-refractivity contribution is -0.114. The van der Waals surface area contributed by atoms with Gasteiger partial charge in [-0.3, -0.25) is 10.1 Å². The fraction of sp³-hybridized carbons (Fsp3) is 0.158. The molecule has 3 N–H and O–H groups in total. The van der Waals surface area contributed by atoms with E-state index in [1.54, 1.807) is 12.1 Å². The van der Waals surface area contributed by atoms with Crippen LogP contribution < -0.4 is 16.0 Å². The molecule has 0 saturated heterocycles. The second-order valence-electron chi connectivity index (χ2n) is 5.48. The third-order valence-electron chi connectivity index (χ3n) is 3.32. The smallest absolute Gasteiger partial charge is 0.436 e. The molecule has 2 aromatic carbocycles. The predicted octanol–water partition coefficient (Wildman–Crippen LogP) is 3.69. The van der Waals surface area contributed by atoms with Gasteiger partial charge in [-0.1, -0.05) is 30.0 Å². The van der Waals surface area contributed by atoms with Crippen molar-refractivity contribution < 1.29 is 23.9 Å². The summed E-state index contributed by atoms with van der Waals surface area (Å²) < 4.78 is 9.00. The van der Waals surface area contributed by atoms with E-state index in [1.807, 2.05) is 36.4 Å². The second kappa shape index (κ2) is 10.7. The van der Waals surface area contributed by atoms with Gasteiger partial charge < -0.3 is 20.1 Å². The van der Waals surface area contributed by atoms with E-state index in [2.05, 4.69) is 30.4 Å². The molecule has 0 unspecified atom stereocenters. The average Bonchev–Trinajstić information content (AvgIpc) is 2.70. The third kappa shape index (κ3) is 7.18.